The second-order valence-corrected chi connectivity index (χ2v) is 22.6. The maximum Gasteiger partial charge on any atom is 0.407 e. The first kappa shape index (κ1) is 54.0. The molecule has 398 valence electrons. The van der Waals surface area contributed by atoms with E-state index >= 15 is 0 Å². The number of carbonyl (C=O) groups excluding carboxylic acids is 5. The van der Waals surface area contributed by atoms with Gasteiger partial charge < -0.3 is 70.7 Å². The number of carbonyl (C=O) groups is 5. The molecule has 7 rings (SSSR count). The van der Waals surface area contributed by atoms with E-state index in [9.17, 15) is 29.1 Å². The molecule has 3 aromatic carbocycles. The van der Waals surface area contributed by atoms with Crippen LogP contribution < -0.4 is 41.7 Å². The van der Waals surface area contributed by atoms with Crippen molar-refractivity contribution in [2.45, 2.75) is 142 Å². The van der Waals surface area contributed by atoms with E-state index in [0.717, 1.165) is 5.39 Å². The van der Waals surface area contributed by atoms with Crippen LogP contribution in [0.2, 0.25) is 0 Å². The third-order valence-electron chi connectivity index (χ3n) is 11.2. The molecule has 2 aromatic heterocycles. The molecule has 0 bridgehead atoms. The Hall–Kier alpha value is -7.78. The lowest BCUT2D eigenvalue weighted by molar-refractivity contribution is 0.0452. The number of H-pyrrole nitrogens is 1. The average Bonchev–Trinajstić information content (AvgIpc) is 3.68. The third kappa shape index (κ3) is 15.1. The first-order valence-electron chi connectivity index (χ1n) is 24.7. The Bertz CT molecular complexity index is 2790. The van der Waals surface area contributed by atoms with Gasteiger partial charge in [0.2, 0.25) is 11.9 Å². The molecule has 0 unspecified atom stereocenters. The number of phenolic OH excluding ortho intramolecular Hbond substituents is 1. The highest BCUT2D eigenvalue weighted by Gasteiger charge is 2.36. The lowest BCUT2D eigenvalue weighted by Gasteiger charge is -2.39. The molecule has 0 aliphatic carbocycles. The van der Waals surface area contributed by atoms with Gasteiger partial charge in [-0.2, -0.15) is 15.0 Å². The fourth-order valence-electron chi connectivity index (χ4n) is 8.57. The number of hydrogen-bond acceptors (Lipinski definition) is 16. The molecule has 22 heteroatoms. The summed E-state index contributed by atoms with van der Waals surface area (Å²) in [5.74, 6) is 0.238. The predicted molar refractivity (Wildman–Crippen MR) is 281 cm³/mol. The first-order chi connectivity index (χ1) is 34.5. The molecule has 0 radical (unpaired) electrons. The van der Waals surface area contributed by atoms with E-state index in [2.05, 4.69) is 36.9 Å². The normalized spacial score (nSPS) is 18.5. The molecule has 2 aliphatic rings. The van der Waals surface area contributed by atoms with Crippen LogP contribution in [0, 0.1) is 0 Å². The number of nitrogens with zero attached hydrogens (tertiary/aromatic N) is 5. The van der Waals surface area contributed by atoms with E-state index in [0.29, 0.717) is 46.9 Å². The summed E-state index contributed by atoms with van der Waals surface area (Å²) in [6, 6.07) is 15.3. The molecule has 0 saturated carbocycles. The molecular weight excluding hydrogens is 953 g/mol. The molecule has 5 amide bonds. The highest BCUT2D eigenvalue weighted by atomic mass is 16.6. The third-order valence-corrected chi connectivity index (χ3v) is 11.2. The SMILES string of the molecule is CC(C)(C)OC(=O)N[C@@H]1C[C@H](NC(=O)OC(C)(C)C)CN(c2nc3nc(Nc4ccc(NC(=O)c5ccc6ccccc6c5O)cc4)nc(N4C[C@@H](NC(=O)OC(C)(C)C)C[C@H](NC(=O)OC(C)(C)C)C4)c3[nH]2)C1. The largest absolute Gasteiger partial charge is 0.506 e. The minimum absolute atomic E-state index is 0.119. The van der Waals surface area contributed by atoms with Gasteiger partial charge in [0.25, 0.3) is 5.91 Å². The van der Waals surface area contributed by atoms with Crippen LogP contribution in [0.1, 0.15) is 106 Å². The zero-order chi connectivity index (χ0) is 53.9. The van der Waals surface area contributed by atoms with Crippen molar-refractivity contribution in [1.29, 1.82) is 0 Å². The van der Waals surface area contributed by atoms with E-state index in [4.69, 9.17) is 33.9 Å². The van der Waals surface area contributed by atoms with Gasteiger partial charge in [-0.1, -0.05) is 30.3 Å². The number of aromatic amines is 1. The topological polar surface area (TPSA) is 276 Å². The van der Waals surface area contributed by atoms with Crippen LogP contribution in [-0.2, 0) is 18.9 Å². The number of phenols is 1. The van der Waals surface area contributed by atoms with Crippen LogP contribution in [0.3, 0.4) is 0 Å². The number of ether oxygens (including phenoxy) is 4. The maximum atomic E-state index is 13.4. The van der Waals surface area contributed by atoms with E-state index in [1.807, 2.05) is 21.9 Å². The van der Waals surface area contributed by atoms with E-state index in [1.165, 1.54) is 0 Å². The zero-order valence-corrected chi connectivity index (χ0v) is 44.2. The Morgan fingerprint density at radius 2 is 1.01 bits per heavy atom. The lowest BCUT2D eigenvalue weighted by Crippen LogP contribution is -2.58. The van der Waals surface area contributed by atoms with Crippen molar-refractivity contribution < 1.29 is 48.0 Å². The monoisotopic (exact) mass is 1020 g/mol. The van der Waals surface area contributed by atoms with Crippen molar-refractivity contribution in [2.24, 2.45) is 0 Å². The number of amides is 5. The van der Waals surface area contributed by atoms with Crippen LogP contribution >= 0.6 is 0 Å². The van der Waals surface area contributed by atoms with E-state index in [-0.39, 0.29) is 49.1 Å². The Morgan fingerprint density at radius 3 is 1.49 bits per heavy atom. The minimum atomic E-state index is -0.778. The fourth-order valence-corrected chi connectivity index (χ4v) is 8.57. The zero-order valence-electron chi connectivity index (χ0n) is 44.2. The highest BCUT2D eigenvalue weighted by molar-refractivity contribution is 6.10. The smallest absolute Gasteiger partial charge is 0.407 e. The molecule has 74 heavy (non-hydrogen) atoms. The van der Waals surface area contributed by atoms with Crippen LogP contribution in [-0.4, -0.2) is 128 Å². The molecule has 4 heterocycles. The molecule has 0 spiro atoms. The Labute approximate surface area is 430 Å². The Morgan fingerprint density at radius 1 is 0.568 bits per heavy atom. The summed E-state index contributed by atoms with van der Waals surface area (Å²) >= 11 is 0. The van der Waals surface area contributed by atoms with Crippen LogP contribution in [0.5, 0.6) is 5.75 Å². The van der Waals surface area contributed by atoms with Gasteiger partial charge in [0.1, 0.15) is 33.7 Å². The Kier molecular flexibility index (Phi) is 15.6. The molecule has 2 saturated heterocycles. The van der Waals surface area contributed by atoms with Gasteiger partial charge in [-0.3, -0.25) is 4.79 Å². The highest BCUT2D eigenvalue weighted by Crippen LogP contribution is 2.33. The summed E-state index contributed by atoms with van der Waals surface area (Å²) < 4.78 is 22.5. The van der Waals surface area contributed by atoms with Gasteiger partial charge in [0.15, 0.2) is 11.5 Å². The van der Waals surface area contributed by atoms with Crippen molar-refractivity contribution in [3.8, 4) is 5.75 Å². The van der Waals surface area contributed by atoms with Crippen molar-refractivity contribution in [3.63, 3.8) is 0 Å². The quantitative estimate of drug-likeness (QED) is 0.0612. The number of piperidine rings is 2. The Balaban J connectivity index is 1.23. The molecule has 22 nitrogen and oxygen atoms in total. The number of hydrogen-bond donors (Lipinski definition) is 8. The van der Waals surface area contributed by atoms with Crippen molar-refractivity contribution in [3.05, 3.63) is 66.2 Å². The number of benzene rings is 3. The summed E-state index contributed by atoms with van der Waals surface area (Å²) in [6.07, 6.45) is -1.83. The lowest BCUT2D eigenvalue weighted by atomic mass is 10.0. The fraction of sp³-hybridized carbons (Fsp3) is 0.500. The molecule has 2 fully saturated rings. The molecule has 8 N–H and O–H groups in total. The second-order valence-electron chi connectivity index (χ2n) is 22.6. The first-order valence-corrected chi connectivity index (χ1v) is 24.7. The van der Waals surface area contributed by atoms with E-state index < -0.39 is 76.9 Å². The van der Waals surface area contributed by atoms with Gasteiger partial charge in [0.05, 0.1) is 29.7 Å². The molecular formula is C52H70N12O10. The number of alkyl carbamates (subject to hydrolysis) is 4. The molecule has 4 atom stereocenters. The number of anilines is 5. The number of aromatic nitrogens is 4. The molecule has 5 aromatic rings. The second kappa shape index (κ2) is 21.4. The average molecular weight is 1020 g/mol. The van der Waals surface area contributed by atoms with Gasteiger partial charge in [-0.15, -0.1) is 0 Å². The number of fused-ring (bicyclic) bond motifs is 2. The van der Waals surface area contributed by atoms with Gasteiger partial charge >= 0.3 is 24.4 Å². The van der Waals surface area contributed by atoms with Gasteiger partial charge in [-0.25, -0.2) is 19.2 Å². The van der Waals surface area contributed by atoms with Gasteiger partial charge in [-0.05, 0) is 132 Å². The number of imidazole rings is 1. The predicted octanol–water partition coefficient (Wildman–Crippen LogP) is 8.20. The van der Waals surface area contributed by atoms with E-state index in [1.54, 1.807) is 132 Å². The summed E-state index contributed by atoms with van der Waals surface area (Å²) in [5.41, 5.74) is -1.29. The minimum Gasteiger partial charge on any atom is -0.506 e. The van der Waals surface area contributed by atoms with Crippen LogP contribution in [0.25, 0.3) is 21.9 Å². The summed E-state index contributed by atoms with van der Waals surface area (Å²) in [7, 11) is 0. The molecule has 2 aliphatic heterocycles. The summed E-state index contributed by atoms with van der Waals surface area (Å²) in [4.78, 5) is 88.2. The van der Waals surface area contributed by atoms with Crippen molar-refractivity contribution in [2.75, 3.05) is 46.6 Å². The standard InChI is InChI=1S/C52H70N12O10/c1-49(2,3)71-45(67)55-32-23-33(56-46(68)72-50(4,5)6)26-63(25-32)41-38-40(61-44(59-38)64-27-34(57-47(69)73-51(7,8)9)24-35(28-64)58-48(70)74-52(10,11)12)60-43(62-41)54-31-20-18-30(19-21-31)53-42(66)37-22-17-29-15-13-14-16-36(29)39(37)65/h13-22,32-35,65H,23-28H2,1-12H3,(H,53,66)(H,55,67)(H,56,68)(H,57,69)(H,58,70)(H2,54,59,60,61,62)/t32-,33-,34-,35+/m0/s1. The van der Waals surface area contributed by atoms with Gasteiger partial charge in [0, 0.05) is 42.9 Å². The van der Waals surface area contributed by atoms with Crippen LogP contribution in [0.4, 0.5) is 48.3 Å². The van der Waals surface area contributed by atoms with Crippen molar-refractivity contribution in [1.82, 2.24) is 41.2 Å². The van der Waals surface area contributed by atoms with Crippen molar-refractivity contribution >= 4 is 81.3 Å². The maximum absolute atomic E-state index is 13.4. The number of rotatable bonds is 10. The van der Waals surface area contributed by atoms with Crippen LogP contribution in [0.15, 0.2) is 60.7 Å². The summed E-state index contributed by atoms with van der Waals surface area (Å²) in [6.45, 7) is 22.2. The number of nitrogens with one attached hydrogen (secondary N) is 7. The number of aromatic hydroxyl groups is 1. The summed E-state index contributed by atoms with van der Waals surface area (Å²) in [5, 5.41) is 30.3.